The zero-order valence-electron chi connectivity index (χ0n) is 14.8. The van der Waals surface area contributed by atoms with Crippen molar-refractivity contribution in [3.8, 4) is 5.88 Å². The molecule has 1 aliphatic heterocycles. The SMILES string of the molecule is COc1cc(N2Cc3ccccc3C2)nc(NC(=S)NCc2ccco2)n1. The maximum atomic E-state index is 5.34. The van der Waals surface area contributed by atoms with Crippen LogP contribution >= 0.6 is 12.2 Å². The molecule has 138 valence electrons. The van der Waals surface area contributed by atoms with Gasteiger partial charge in [0.1, 0.15) is 11.6 Å². The molecule has 0 unspecified atom stereocenters. The van der Waals surface area contributed by atoms with Gasteiger partial charge in [-0.2, -0.15) is 9.97 Å². The molecule has 3 heterocycles. The number of nitrogens with zero attached hydrogens (tertiary/aromatic N) is 3. The summed E-state index contributed by atoms with van der Waals surface area (Å²) in [4.78, 5) is 11.1. The molecule has 7 nitrogen and oxygen atoms in total. The van der Waals surface area contributed by atoms with Crippen molar-refractivity contribution in [2.45, 2.75) is 19.6 Å². The molecule has 0 atom stereocenters. The number of aromatic nitrogens is 2. The summed E-state index contributed by atoms with van der Waals surface area (Å²) in [6, 6.07) is 13.9. The highest BCUT2D eigenvalue weighted by Crippen LogP contribution is 2.29. The molecule has 4 rings (SSSR count). The Labute approximate surface area is 162 Å². The molecule has 0 amide bonds. The van der Waals surface area contributed by atoms with Crippen LogP contribution in [0.2, 0.25) is 0 Å². The summed E-state index contributed by atoms with van der Waals surface area (Å²) in [5.41, 5.74) is 2.61. The van der Waals surface area contributed by atoms with E-state index in [1.807, 2.05) is 18.2 Å². The Morgan fingerprint density at radius 2 is 1.96 bits per heavy atom. The summed E-state index contributed by atoms with van der Waals surface area (Å²) >= 11 is 5.33. The number of nitrogens with one attached hydrogen (secondary N) is 2. The third-order valence-corrected chi connectivity index (χ3v) is 4.54. The van der Waals surface area contributed by atoms with Crippen molar-refractivity contribution in [2.24, 2.45) is 0 Å². The van der Waals surface area contributed by atoms with Gasteiger partial charge in [-0.1, -0.05) is 24.3 Å². The molecule has 0 saturated carbocycles. The first kappa shape index (κ1) is 17.3. The fourth-order valence-electron chi connectivity index (χ4n) is 2.96. The van der Waals surface area contributed by atoms with Crippen LogP contribution in [0, 0.1) is 0 Å². The summed E-state index contributed by atoms with van der Waals surface area (Å²) in [7, 11) is 1.59. The van der Waals surface area contributed by atoms with Crippen molar-refractivity contribution in [1.29, 1.82) is 0 Å². The topological polar surface area (TPSA) is 75.5 Å². The Morgan fingerprint density at radius 1 is 1.19 bits per heavy atom. The average Bonchev–Trinajstić information content (AvgIpc) is 3.35. The van der Waals surface area contributed by atoms with Gasteiger partial charge >= 0.3 is 0 Å². The van der Waals surface area contributed by atoms with E-state index < -0.39 is 0 Å². The molecular weight excluding hydrogens is 362 g/mol. The minimum Gasteiger partial charge on any atom is -0.481 e. The van der Waals surface area contributed by atoms with Gasteiger partial charge in [0, 0.05) is 19.2 Å². The Hall–Kier alpha value is -3.13. The van der Waals surface area contributed by atoms with Gasteiger partial charge in [0.25, 0.3) is 0 Å². The molecule has 0 bridgehead atoms. The maximum absolute atomic E-state index is 5.34. The first-order chi connectivity index (χ1) is 13.2. The third-order valence-electron chi connectivity index (χ3n) is 4.29. The molecule has 1 aromatic carbocycles. The van der Waals surface area contributed by atoms with E-state index in [4.69, 9.17) is 21.4 Å². The fourth-order valence-corrected chi connectivity index (χ4v) is 3.12. The molecule has 27 heavy (non-hydrogen) atoms. The first-order valence-electron chi connectivity index (χ1n) is 8.53. The number of fused-ring (bicyclic) bond motifs is 1. The fraction of sp³-hybridized carbons (Fsp3) is 0.211. The molecule has 0 radical (unpaired) electrons. The lowest BCUT2D eigenvalue weighted by Crippen LogP contribution is -2.29. The summed E-state index contributed by atoms with van der Waals surface area (Å²) in [5, 5.41) is 6.49. The van der Waals surface area contributed by atoms with E-state index in [-0.39, 0.29) is 0 Å². The highest BCUT2D eigenvalue weighted by Gasteiger charge is 2.21. The number of hydrogen-bond donors (Lipinski definition) is 2. The molecule has 0 fully saturated rings. The van der Waals surface area contributed by atoms with E-state index >= 15 is 0 Å². The molecule has 0 aliphatic carbocycles. The monoisotopic (exact) mass is 381 g/mol. The smallest absolute Gasteiger partial charge is 0.234 e. The van der Waals surface area contributed by atoms with Crippen molar-refractivity contribution >= 4 is 29.1 Å². The summed E-state index contributed by atoms with van der Waals surface area (Å²) in [6.07, 6.45) is 1.62. The van der Waals surface area contributed by atoms with Crippen molar-refractivity contribution in [3.05, 3.63) is 65.6 Å². The molecule has 2 N–H and O–H groups in total. The Kier molecular flexibility index (Phi) is 4.88. The van der Waals surface area contributed by atoms with Gasteiger partial charge in [-0.3, -0.25) is 0 Å². The predicted octanol–water partition coefficient (Wildman–Crippen LogP) is 3.09. The first-order valence-corrected chi connectivity index (χ1v) is 8.94. The van der Waals surface area contributed by atoms with Crippen LogP contribution in [0.4, 0.5) is 11.8 Å². The van der Waals surface area contributed by atoms with Crippen LogP contribution in [0.25, 0.3) is 0 Å². The Bertz CT molecular complexity index is 920. The maximum Gasteiger partial charge on any atom is 0.234 e. The summed E-state index contributed by atoms with van der Waals surface area (Å²) in [5.74, 6) is 2.44. The molecule has 0 spiro atoms. The molecule has 2 aromatic heterocycles. The quantitative estimate of drug-likeness (QED) is 0.653. The van der Waals surface area contributed by atoms with E-state index in [2.05, 4.69) is 49.8 Å². The highest BCUT2D eigenvalue weighted by molar-refractivity contribution is 7.80. The largest absolute Gasteiger partial charge is 0.481 e. The minimum atomic E-state index is 0.386. The molecule has 3 aromatic rings. The lowest BCUT2D eigenvalue weighted by atomic mass is 10.1. The Balaban J connectivity index is 1.47. The average molecular weight is 381 g/mol. The van der Waals surface area contributed by atoms with E-state index in [1.165, 1.54) is 11.1 Å². The molecule has 0 saturated heterocycles. The van der Waals surface area contributed by atoms with Crippen LogP contribution in [0.1, 0.15) is 16.9 Å². The van der Waals surface area contributed by atoms with E-state index in [0.717, 1.165) is 24.7 Å². The van der Waals surface area contributed by atoms with E-state index in [0.29, 0.717) is 23.5 Å². The predicted molar refractivity (Wildman–Crippen MR) is 107 cm³/mol. The number of rotatable bonds is 5. The van der Waals surface area contributed by atoms with Gasteiger partial charge in [-0.25, -0.2) is 0 Å². The van der Waals surface area contributed by atoms with Crippen LogP contribution < -0.4 is 20.3 Å². The van der Waals surface area contributed by atoms with Gasteiger partial charge in [-0.15, -0.1) is 0 Å². The zero-order chi connectivity index (χ0) is 18.6. The zero-order valence-corrected chi connectivity index (χ0v) is 15.6. The van der Waals surface area contributed by atoms with E-state index in [1.54, 1.807) is 13.4 Å². The van der Waals surface area contributed by atoms with Crippen molar-refractivity contribution in [3.63, 3.8) is 0 Å². The number of methoxy groups -OCH3 is 1. The van der Waals surface area contributed by atoms with Gasteiger partial charge in [0.15, 0.2) is 5.11 Å². The highest BCUT2D eigenvalue weighted by atomic mass is 32.1. The third kappa shape index (κ3) is 4.01. The van der Waals surface area contributed by atoms with E-state index in [9.17, 15) is 0 Å². The molecular formula is C19H19N5O2S. The number of hydrogen-bond acceptors (Lipinski definition) is 6. The number of furan rings is 1. The van der Waals surface area contributed by atoms with Gasteiger partial charge in [0.2, 0.25) is 11.8 Å². The molecule has 1 aliphatic rings. The van der Waals surface area contributed by atoms with Crippen LogP contribution in [-0.4, -0.2) is 22.2 Å². The number of ether oxygens (including phenoxy) is 1. The number of benzene rings is 1. The van der Waals surface area contributed by atoms with Crippen LogP contribution in [0.3, 0.4) is 0 Å². The standard InChI is InChI=1S/C19H19N5O2S/c1-25-17-9-16(24-11-13-5-2-3-6-14(13)12-24)21-18(22-17)23-19(27)20-10-15-7-4-8-26-15/h2-9H,10-12H2,1H3,(H2,20,21,22,23,27). The van der Waals surface area contributed by atoms with Crippen molar-refractivity contribution in [1.82, 2.24) is 15.3 Å². The van der Waals surface area contributed by atoms with Crippen molar-refractivity contribution < 1.29 is 9.15 Å². The van der Waals surface area contributed by atoms with Crippen LogP contribution in [-0.2, 0) is 19.6 Å². The number of anilines is 2. The van der Waals surface area contributed by atoms with Crippen LogP contribution in [0.5, 0.6) is 5.88 Å². The second-order valence-electron chi connectivity index (χ2n) is 6.10. The second-order valence-corrected chi connectivity index (χ2v) is 6.51. The van der Waals surface area contributed by atoms with Gasteiger partial charge in [-0.05, 0) is 35.5 Å². The molecule has 8 heteroatoms. The lowest BCUT2D eigenvalue weighted by Gasteiger charge is -2.18. The Morgan fingerprint density at radius 3 is 2.63 bits per heavy atom. The second kappa shape index (κ2) is 7.63. The summed E-state index contributed by atoms with van der Waals surface area (Å²) < 4.78 is 10.6. The normalized spacial score (nSPS) is 12.6. The number of thiocarbonyl (C=S) groups is 1. The minimum absolute atomic E-state index is 0.386. The van der Waals surface area contributed by atoms with Crippen molar-refractivity contribution in [2.75, 3.05) is 17.3 Å². The lowest BCUT2D eigenvalue weighted by molar-refractivity contribution is 0.397. The van der Waals surface area contributed by atoms with Crippen LogP contribution in [0.15, 0.2) is 53.1 Å². The van der Waals surface area contributed by atoms with Gasteiger partial charge < -0.3 is 24.7 Å². The van der Waals surface area contributed by atoms with Gasteiger partial charge in [0.05, 0.1) is 19.9 Å². The summed E-state index contributed by atoms with van der Waals surface area (Å²) in [6.45, 7) is 2.09.